The van der Waals surface area contributed by atoms with Gasteiger partial charge in [-0.05, 0) is 79.3 Å². The fourth-order valence-corrected chi connectivity index (χ4v) is 6.00. The van der Waals surface area contributed by atoms with Crippen molar-refractivity contribution < 1.29 is 15.0 Å². The lowest BCUT2D eigenvalue weighted by molar-refractivity contribution is -0.136. The lowest BCUT2D eigenvalue weighted by Crippen LogP contribution is -2.26. The van der Waals surface area contributed by atoms with E-state index in [4.69, 9.17) is 5.11 Å². The molecular weight excluding hydrogens is 446 g/mol. The molecule has 2 aromatic carbocycles. The lowest BCUT2D eigenvalue weighted by Gasteiger charge is -2.34. The van der Waals surface area contributed by atoms with Crippen LogP contribution in [0.15, 0.2) is 60.8 Å². The highest BCUT2D eigenvalue weighted by atomic mass is 16.4. The van der Waals surface area contributed by atoms with Crippen molar-refractivity contribution in [3.05, 3.63) is 88.6 Å². The van der Waals surface area contributed by atoms with Crippen LogP contribution < -0.4 is 0 Å². The number of hydrogen-bond acceptors (Lipinski definition) is 3. The molecule has 0 saturated heterocycles. The van der Waals surface area contributed by atoms with E-state index in [1.807, 2.05) is 12.1 Å². The molecule has 1 fully saturated rings. The second-order valence-electron chi connectivity index (χ2n) is 10.6. The van der Waals surface area contributed by atoms with Crippen molar-refractivity contribution >= 4 is 5.97 Å². The van der Waals surface area contributed by atoms with Crippen LogP contribution in [0, 0.1) is 6.92 Å². The third kappa shape index (κ3) is 5.54. The predicted octanol–water partition coefficient (Wildman–Crippen LogP) is 7.03. The largest absolute Gasteiger partial charge is 0.481 e. The summed E-state index contributed by atoms with van der Waals surface area (Å²) in [7, 11) is 0. The van der Waals surface area contributed by atoms with Gasteiger partial charge in [0.1, 0.15) is 0 Å². The summed E-state index contributed by atoms with van der Waals surface area (Å²) in [5.41, 5.74) is 7.22. The van der Waals surface area contributed by atoms with Crippen LogP contribution in [-0.2, 0) is 23.1 Å². The molecule has 1 saturated carbocycles. The second kappa shape index (κ2) is 11.0. The topological polar surface area (TPSA) is 70.4 Å². The summed E-state index contributed by atoms with van der Waals surface area (Å²) in [6, 6.07) is 19.5. The molecule has 1 aliphatic rings. The Balaban J connectivity index is 1.56. The monoisotopic (exact) mass is 485 g/mol. The molecule has 0 unspecified atom stereocenters. The van der Waals surface area contributed by atoms with E-state index in [0.29, 0.717) is 5.56 Å². The quantitative estimate of drug-likeness (QED) is 0.323. The van der Waals surface area contributed by atoms with Crippen molar-refractivity contribution in [2.75, 3.05) is 0 Å². The molecule has 3 aromatic rings. The van der Waals surface area contributed by atoms with Gasteiger partial charge >= 0.3 is 5.97 Å². The summed E-state index contributed by atoms with van der Waals surface area (Å²) in [5, 5.41) is 19.7. The van der Waals surface area contributed by atoms with E-state index in [1.165, 1.54) is 22.3 Å². The van der Waals surface area contributed by atoms with Crippen molar-refractivity contribution in [1.82, 2.24) is 4.98 Å². The fraction of sp³-hybridized carbons (Fsp3) is 0.438. The van der Waals surface area contributed by atoms with Crippen LogP contribution in [0.5, 0.6) is 0 Å². The molecular formula is C32H39NO3. The highest BCUT2D eigenvalue weighted by Crippen LogP contribution is 2.41. The van der Waals surface area contributed by atoms with E-state index in [-0.39, 0.29) is 11.8 Å². The first-order valence-corrected chi connectivity index (χ1v) is 13.4. The van der Waals surface area contributed by atoms with Crippen LogP contribution in [-0.4, -0.2) is 26.8 Å². The zero-order valence-corrected chi connectivity index (χ0v) is 21.9. The minimum Gasteiger partial charge on any atom is -0.481 e. The van der Waals surface area contributed by atoms with Gasteiger partial charge < -0.3 is 10.2 Å². The van der Waals surface area contributed by atoms with Crippen molar-refractivity contribution in [1.29, 1.82) is 0 Å². The molecule has 4 rings (SSSR count). The Labute approximate surface area is 215 Å². The number of aliphatic carboxylic acids is 1. The molecule has 36 heavy (non-hydrogen) atoms. The van der Waals surface area contributed by atoms with Crippen molar-refractivity contribution in [3.8, 4) is 11.3 Å². The summed E-state index contributed by atoms with van der Waals surface area (Å²) in [5.74, 6) is -0.847. The van der Waals surface area contributed by atoms with Crippen LogP contribution in [0.1, 0.15) is 86.6 Å². The van der Waals surface area contributed by atoms with Gasteiger partial charge in [-0.3, -0.25) is 9.78 Å². The van der Waals surface area contributed by atoms with Crippen LogP contribution in [0.25, 0.3) is 11.3 Å². The Bertz CT molecular complexity index is 1170. The van der Waals surface area contributed by atoms with Crippen LogP contribution >= 0.6 is 0 Å². The number of carboxylic acid groups (broad SMARTS) is 1. The number of carbonyl (C=O) groups is 1. The molecule has 2 N–H and O–H groups in total. The maximum Gasteiger partial charge on any atom is 0.307 e. The molecule has 0 spiro atoms. The first kappa shape index (κ1) is 26.1. The SMILES string of the molecule is CCC(CC)(c1ccc(CCC2(O)CCCC2)cc1)c1ccc(-c2ccc(CC(=O)O)cn2)c(C)c1. The Morgan fingerprint density at radius 1 is 0.944 bits per heavy atom. The van der Waals surface area contributed by atoms with E-state index < -0.39 is 11.6 Å². The maximum absolute atomic E-state index is 11.0. The third-order valence-corrected chi connectivity index (χ3v) is 8.36. The van der Waals surface area contributed by atoms with Gasteiger partial charge in [0.25, 0.3) is 0 Å². The van der Waals surface area contributed by atoms with E-state index in [1.54, 1.807) is 6.20 Å². The van der Waals surface area contributed by atoms with E-state index in [0.717, 1.165) is 62.6 Å². The number of hydrogen-bond donors (Lipinski definition) is 2. The molecule has 1 aliphatic carbocycles. The molecule has 190 valence electrons. The van der Waals surface area contributed by atoms with Gasteiger partial charge in [-0.2, -0.15) is 0 Å². The fourth-order valence-electron chi connectivity index (χ4n) is 6.00. The first-order chi connectivity index (χ1) is 17.3. The Kier molecular flexibility index (Phi) is 7.94. The van der Waals surface area contributed by atoms with Gasteiger partial charge in [-0.1, -0.05) is 75.2 Å². The van der Waals surface area contributed by atoms with E-state index in [2.05, 4.69) is 68.2 Å². The molecule has 0 radical (unpaired) electrons. The Hall–Kier alpha value is -2.98. The smallest absolute Gasteiger partial charge is 0.307 e. The van der Waals surface area contributed by atoms with Gasteiger partial charge in [0.15, 0.2) is 0 Å². The average molecular weight is 486 g/mol. The van der Waals surface area contributed by atoms with Crippen LogP contribution in [0.2, 0.25) is 0 Å². The minimum atomic E-state index is -0.847. The number of nitrogens with zero attached hydrogens (tertiary/aromatic N) is 1. The highest BCUT2D eigenvalue weighted by Gasteiger charge is 2.32. The average Bonchev–Trinajstić information content (AvgIpc) is 3.32. The van der Waals surface area contributed by atoms with Crippen molar-refractivity contribution in [2.24, 2.45) is 0 Å². The third-order valence-electron chi connectivity index (χ3n) is 8.36. The number of rotatable bonds is 10. The molecule has 4 heteroatoms. The van der Waals surface area contributed by atoms with Crippen molar-refractivity contribution in [3.63, 3.8) is 0 Å². The van der Waals surface area contributed by atoms with Gasteiger partial charge in [-0.15, -0.1) is 0 Å². The zero-order chi connectivity index (χ0) is 25.8. The van der Waals surface area contributed by atoms with Crippen LogP contribution in [0.3, 0.4) is 0 Å². The summed E-state index contributed by atoms with van der Waals surface area (Å²) in [6.45, 7) is 6.65. The maximum atomic E-state index is 11.0. The summed E-state index contributed by atoms with van der Waals surface area (Å²) >= 11 is 0. The number of carboxylic acids is 1. The number of aromatic nitrogens is 1. The van der Waals surface area contributed by atoms with E-state index >= 15 is 0 Å². The predicted molar refractivity (Wildman–Crippen MR) is 145 cm³/mol. The van der Waals surface area contributed by atoms with Gasteiger partial charge in [-0.25, -0.2) is 0 Å². The van der Waals surface area contributed by atoms with Gasteiger partial charge in [0.2, 0.25) is 0 Å². The highest BCUT2D eigenvalue weighted by molar-refractivity contribution is 5.71. The number of benzene rings is 2. The molecule has 0 bridgehead atoms. The molecule has 1 aromatic heterocycles. The number of pyridine rings is 1. The second-order valence-corrected chi connectivity index (χ2v) is 10.6. The first-order valence-electron chi connectivity index (χ1n) is 13.4. The molecule has 4 nitrogen and oxygen atoms in total. The molecule has 0 atom stereocenters. The lowest BCUT2D eigenvalue weighted by atomic mass is 9.70. The molecule has 0 aliphatic heterocycles. The number of aryl methyl sites for hydroxylation is 2. The number of aliphatic hydroxyl groups is 1. The zero-order valence-electron chi connectivity index (χ0n) is 21.9. The van der Waals surface area contributed by atoms with Gasteiger partial charge in [0, 0.05) is 17.2 Å². The Morgan fingerprint density at radius 3 is 2.14 bits per heavy atom. The normalized spacial score (nSPS) is 15.2. The molecule has 1 heterocycles. The Morgan fingerprint density at radius 2 is 1.58 bits per heavy atom. The van der Waals surface area contributed by atoms with Crippen LogP contribution in [0.4, 0.5) is 0 Å². The van der Waals surface area contributed by atoms with E-state index in [9.17, 15) is 9.90 Å². The minimum absolute atomic E-state index is 0.0135. The summed E-state index contributed by atoms with van der Waals surface area (Å²) < 4.78 is 0. The summed E-state index contributed by atoms with van der Waals surface area (Å²) in [6.07, 6.45) is 9.61. The van der Waals surface area contributed by atoms with Gasteiger partial charge in [0.05, 0.1) is 17.7 Å². The van der Waals surface area contributed by atoms with Crippen molar-refractivity contribution in [2.45, 2.75) is 89.6 Å². The summed E-state index contributed by atoms with van der Waals surface area (Å²) in [4.78, 5) is 15.5. The standard InChI is InChI=1S/C32H39NO3/c1-4-32(5-2,26-11-8-24(9-12-26)16-19-31(36)17-6-7-18-31)27-13-14-28(23(3)20-27)29-15-10-25(22-33-29)21-30(34)35/h8-15,20,22,36H,4-7,16-19,21H2,1-3H3,(H,34,35). The molecule has 0 amide bonds.